The van der Waals surface area contributed by atoms with Gasteiger partial charge in [0.15, 0.2) is 11.5 Å². The van der Waals surface area contributed by atoms with Gasteiger partial charge in [-0.1, -0.05) is 5.16 Å². The van der Waals surface area contributed by atoms with Crippen LogP contribution in [0.5, 0.6) is 11.5 Å². The summed E-state index contributed by atoms with van der Waals surface area (Å²) in [5, 5.41) is 4.06. The summed E-state index contributed by atoms with van der Waals surface area (Å²) < 4.78 is 10.5. The lowest BCUT2D eigenvalue weighted by molar-refractivity contribution is -0.141. The van der Waals surface area contributed by atoms with Crippen molar-refractivity contribution in [1.29, 1.82) is 0 Å². The number of amides is 1. The van der Waals surface area contributed by atoms with Crippen molar-refractivity contribution < 1.29 is 19.1 Å². The first-order chi connectivity index (χ1) is 10.6. The molecule has 0 aromatic heterocycles. The van der Waals surface area contributed by atoms with Gasteiger partial charge in [-0.2, -0.15) is 0 Å². The first kappa shape index (κ1) is 16.1. The van der Waals surface area contributed by atoms with Crippen molar-refractivity contribution in [1.82, 2.24) is 4.90 Å². The van der Waals surface area contributed by atoms with Gasteiger partial charge in [-0.15, -0.1) is 0 Å². The van der Waals surface area contributed by atoms with E-state index in [1.807, 2.05) is 32.0 Å². The van der Waals surface area contributed by atoms with Crippen molar-refractivity contribution in [3.8, 4) is 11.5 Å². The molecule has 0 bridgehead atoms. The van der Waals surface area contributed by atoms with E-state index in [0.717, 1.165) is 11.3 Å². The minimum atomic E-state index is -0.539. The number of oxime groups is 1. The highest BCUT2D eigenvalue weighted by atomic mass is 16.6. The van der Waals surface area contributed by atoms with Crippen LogP contribution >= 0.6 is 0 Å². The van der Waals surface area contributed by atoms with E-state index in [1.165, 1.54) is 0 Å². The van der Waals surface area contributed by atoms with Crippen LogP contribution in [0, 0.1) is 0 Å². The zero-order valence-corrected chi connectivity index (χ0v) is 13.5. The van der Waals surface area contributed by atoms with E-state index in [2.05, 4.69) is 5.16 Å². The fourth-order valence-electron chi connectivity index (χ4n) is 2.43. The van der Waals surface area contributed by atoms with Gasteiger partial charge < -0.3 is 19.2 Å². The third-order valence-corrected chi connectivity index (χ3v) is 3.74. The first-order valence-electron chi connectivity index (χ1n) is 7.38. The van der Waals surface area contributed by atoms with E-state index in [-0.39, 0.29) is 5.91 Å². The molecule has 0 spiro atoms. The molecule has 1 aromatic rings. The summed E-state index contributed by atoms with van der Waals surface area (Å²) in [6.45, 7) is 5.24. The van der Waals surface area contributed by atoms with E-state index in [9.17, 15) is 4.79 Å². The highest BCUT2D eigenvalue weighted by Crippen LogP contribution is 2.29. The standard InChI is InChI=1S/C16H22N2O4/c1-5-18(6-2)16(19)15-10-12(17-22-15)11-7-8-13(20-3)14(9-11)21-4/h7-9,15H,5-6,10H2,1-4H3/t15-/m0/s1. The van der Waals surface area contributed by atoms with E-state index in [4.69, 9.17) is 14.3 Å². The summed E-state index contributed by atoms with van der Waals surface area (Å²) in [5.74, 6) is 1.26. The maximum Gasteiger partial charge on any atom is 0.266 e. The lowest BCUT2D eigenvalue weighted by Gasteiger charge is -2.21. The zero-order valence-electron chi connectivity index (χ0n) is 13.5. The third-order valence-electron chi connectivity index (χ3n) is 3.74. The van der Waals surface area contributed by atoms with E-state index in [0.29, 0.717) is 31.0 Å². The molecular weight excluding hydrogens is 284 g/mol. The monoisotopic (exact) mass is 306 g/mol. The molecule has 0 N–H and O–H groups in total. The quantitative estimate of drug-likeness (QED) is 0.807. The molecular formula is C16H22N2O4. The lowest BCUT2D eigenvalue weighted by Crippen LogP contribution is -2.39. The number of carbonyl (C=O) groups excluding carboxylic acids is 1. The summed E-state index contributed by atoms with van der Waals surface area (Å²) in [6, 6.07) is 5.54. The predicted molar refractivity (Wildman–Crippen MR) is 83.5 cm³/mol. The average molecular weight is 306 g/mol. The second kappa shape index (κ2) is 7.15. The Kier molecular flexibility index (Phi) is 5.25. The molecule has 0 fully saturated rings. The molecule has 0 aliphatic carbocycles. The Morgan fingerprint density at radius 2 is 1.95 bits per heavy atom. The van der Waals surface area contributed by atoms with Gasteiger partial charge in [-0.3, -0.25) is 4.79 Å². The van der Waals surface area contributed by atoms with Crippen molar-refractivity contribution in [3.05, 3.63) is 23.8 Å². The minimum absolute atomic E-state index is 0.0239. The molecule has 120 valence electrons. The predicted octanol–water partition coefficient (Wildman–Crippen LogP) is 2.07. The normalized spacial score (nSPS) is 16.7. The van der Waals surface area contributed by atoms with Crippen LogP contribution in [0.15, 0.2) is 23.4 Å². The van der Waals surface area contributed by atoms with E-state index < -0.39 is 6.10 Å². The Morgan fingerprint density at radius 3 is 2.55 bits per heavy atom. The molecule has 0 radical (unpaired) electrons. The van der Waals surface area contributed by atoms with Crippen LogP contribution in [0.4, 0.5) is 0 Å². The Hall–Kier alpha value is -2.24. The van der Waals surface area contributed by atoms with E-state index in [1.54, 1.807) is 19.1 Å². The molecule has 2 rings (SSSR count). The Labute approximate surface area is 130 Å². The second-order valence-corrected chi connectivity index (χ2v) is 4.92. The van der Waals surface area contributed by atoms with Crippen LogP contribution in [-0.2, 0) is 9.63 Å². The van der Waals surface area contributed by atoms with Crippen molar-refractivity contribution in [2.24, 2.45) is 5.16 Å². The van der Waals surface area contributed by atoms with Gasteiger partial charge >= 0.3 is 0 Å². The first-order valence-corrected chi connectivity index (χ1v) is 7.38. The number of likely N-dealkylation sites (N-methyl/N-ethyl adjacent to an activating group) is 1. The summed E-state index contributed by atoms with van der Waals surface area (Å²) in [6.07, 6.45) is -0.0758. The van der Waals surface area contributed by atoms with Gasteiger partial charge in [0.05, 0.1) is 19.9 Å². The van der Waals surface area contributed by atoms with Crippen molar-refractivity contribution >= 4 is 11.6 Å². The molecule has 1 amide bonds. The molecule has 1 atom stereocenters. The maximum absolute atomic E-state index is 12.3. The number of hydrogen-bond acceptors (Lipinski definition) is 5. The summed E-state index contributed by atoms with van der Waals surface area (Å²) in [7, 11) is 3.17. The van der Waals surface area contributed by atoms with E-state index >= 15 is 0 Å². The van der Waals surface area contributed by atoms with Crippen LogP contribution in [0.3, 0.4) is 0 Å². The van der Waals surface area contributed by atoms with Crippen molar-refractivity contribution in [2.75, 3.05) is 27.3 Å². The molecule has 0 unspecified atom stereocenters. The SMILES string of the molecule is CCN(CC)C(=O)[C@@H]1CC(c2ccc(OC)c(OC)c2)=NO1. The minimum Gasteiger partial charge on any atom is -0.493 e. The summed E-state index contributed by atoms with van der Waals surface area (Å²) >= 11 is 0. The van der Waals surface area contributed by atoms with Crippen LogP contribution in [0.2, 0.25) is 0 Å². The molecule has 1 aliphatic heterocycles. The second-order valence-electron chi connectivity index (χ2n) is 4.92. The number of hydrogen-bond donors (Lipinski definition) is 0. The molecule has 6 nitrogen and oxygen atoms in total. The number of ether oxygens (including phenoxy) is 2. The highest BCUT2D eigenvalue weighted by Gasteiger charge is 2.31. The van der Waals surface area contributed by atoms with Crippen LogP contribution in [0.25, 0.3) is 0 Å². The Bertz CT molecular complexity index is 567. The molecule has 1 aromatic carbocycles. The number of rotatable bonds is 6. The van der Waals surface area contributed by atoms with Gasteiger partial charge in [0.25, 0.3) is 5.91 Å². The Balaban J connectivity index is 2.11. The van der Waals surface area contributed by atoms with Gasteiger partial charge in [-0.25, -0.2) is 0 Å². The van der Waals surface area contributed by atoms with Gasteiger partial charge in [0.2, 0.25) is 6.10 Å². The summed E-state index contributed by atoms with van der Waals surface area (Å²) in [5.41, 5.74) is 1.61. The average Bonchev–Trinajstić information content (AvgIpc) is 3.05. The molecule has 0 saturated carbocycles. The third kappa shape index (κ3) is 3.16. The number of benzene rings is 1. The van der Waals surface area contributed by atoms with Crippen LogP contribution in [-0.4, -0.2) is 49.9 Å². The van der Waals surface area contributed by atoms with Gasteiger partial charge in [-0.05, 0) is 32.0 Å². The van der Waals surface area contributed by atoms with Crippen LogP contribution < -0.4 is 9.47 Å². The number of carbonyl (C=O) groups is 1. The molecule has 1 heterocycles. The Morgan fingerprint density at radius 1 is 1.27 bits per heavy atom. The highest BCUT2D eigenvalue weighted by molar-refractivity contribution is 6.04. The number of nitrogens with zero attached hydrogens (tertiary/aromatic N) is 2. The van der Waals surface area contributed by atoms with Crippen molar-refractivity contribution in [2.45, 2.75) is 26.4 Å². The molecule has 22 heavy (non-hydrogen) atoms. The maximum atomic E-state index is 12.3. The number of methoxy groups -OCH3 is 2. The fraction of sp³-hybridized carbons (Fsp3) is 0.500. The lowest BCUT2D eigenvalue weighted by atomic mass is 10.0. The summed E-state index contributed by atoms with van der Waals surface area (Å²) in [4.78, 5) is 19.4. The largest absolute Gasteiger partial charge is 0.493 e. The fourth-order valence-corrected chi connectivity index (χ4v) is 2.43. The molecule has 0 saturated heterocycles. The van der Waals surface area contributed by atoms with Gasteiger partial charge in [0.1, 0.15) is 0 Å². The molecule has 6 heteroatoms. The zero-order chi connectivity index (χ0) is 16.1. The van der Waals surface area contributed by atoms with Crippen LogP contribution in [0.1, 0.15) is 25.8 Å². The molecule has 1 aliphatic rings. The van der Waals surface area contributed by atoms with Gasteiger partial charge in [0, 0.05) is 25.1 Å². The smallest absolute Gasteiger partial charge is 0.266 e. The topological polar surface area (TPSA) is 60.4 Å². The van der Waals surface area contributed by atoms with Crippen molar-refractivity contribution in [3.63, 3.8) is 0 Å².